The molecule has 7 rings (SSSR count). The highest BCUT2D eigenvalue weighted by molar-refractivity contribution is 6.04. The second kappa shape index (κ2) is 16.8. The van der Waals surface area contributed by atoms with E-state index >= 15 is 0 Å². The number of likely N-dealkylation sites (N-methyl/N-ethyl adjacent to an activating group) is 1. The number of hydrogen-bond acceptors (Lipinski definition) is 9. The van der Waals surface area contributed by atoms with Gasteiger partial charge in [0.05, 0.1) is 24.4 Å². The van der Waals surface area contributed by atoms with Gasteiger partial charge < -0.3 is 40.0 Å². The highest BCUT2D eigenvalue weighted by atomic mass is 16.5. The van der Waals surface area contributed by atoms with Crippen molar-refractivity contribution in [2.24, 2.45) is 11.8 Å². The number of pyridine rings is 1. The summed E-state index contributed by atoms with van der Waals surface area (Å²) in [6.07, 6.45) is 5.56. The fourth-order valence-electron chi connectivity index (χ4n) is 7.78. The molecule has 14 heteroatoms. The number of nitrogens with one attached hydrogen (secondary N) is 3. The highest BCUT2D eigenvalue weighted by Gasteiger charge is 2.42. The number of nitrogens with zero attached hydrogens (tertiary/aromatic N) is 6. The van der Waals surface area contributed by atoms with Gasteiger partial charge in [0.1, 0.15) is 17.7 Å². The fourth-order valence-corrected chi connectivity index (χ4v) is 7.78. The zero-order valence-corrected chi connectivity index (χ0v) is 33.6. The van der Waals surface area contributed by atoms with Crippen LogP contribution in [-0.2, 0) is 14.3 Å². The van der Waals surface area contributed by atoms with Crippen molar-refractivity contribution in [3.63, 3.8) is 0 Å². The van der Waals surface area contributed by atoms with Crippen LogP contribution in [0, 0.1) is 11.8 Å². The molecule has 4 aromatic rings. The number of methoxy groups -OCH3 is 1. The molecule has 300 valence electrons. The zero-order chi connectivity index (χ0) is 40.4. The maximum Gasteiger partial charge on any atom is 0.407 e. The summed E-state index contributed by atoms with van der Waals surface area (Å²) in [5.41, 5.74) is 4.85. The first-order valence-electron chi connectivity index (χ1n) is 19.8. The fraction of sp³-hybridized carbons (Fsp3) is 0.442. The van der Waals surface area contributed by atoms with E-state index in [0.29, 0.717) is 43.1 Å². The number of hydrogen-bond donors (Lipinski definition) is 3. The molecular weight excluding hydrogens is 723 g/mol. The van der Waals surface area contributed by atoms with E-state index in [4.69, 9.17) is 9.72 Å². The summed E-state index contributed by atoms with van der Waals surface area (Å²) in [7, 11) is 5.30. The molecule has 2 aliphatic heterocycles. The Hall–Kier alpha value is -5.76. The standard InChI is InChI=1S/C43H53N9O5/c1-26(2)38(48-43(56)57-6)42(55)52-25-34(49(4)5)21-36(52)39-45-23-35(47-39)30-9-7-28(8-10-30)29-13-16-33(17-14-29)46-40(53)32-15-18-37(44-22-32)51-20-19-50(24-27(51)3)41(54)31-11-12-31/h7-10,13-18,22-23,26-27,31,34,36,38H,11-12,19-21,24-25H2,1-6H3,(H,45,47)(H,46,53)(H,48,56)/t27-,34+,36+,38?/m1/s1. The van der Waals surface area contributed by atoms with Gasteiger partial charge in [0.15, 0.2) is 0 Å². The Bertz CT molecular complexity index is 2060. The van der Waals surface area contributed by atoms with Crippen molar-refractivity contribution in [2.75, 3.05) is 57.6 Å². The van der Waals surface area contributed by atoms with Crippen molar-refractivity contribution >= 4 is 35.3 Å². The van der Waals surface area contributed by atoms with Crippen LogP contribution in [0.2, 0.25) is 0 Å². The molecular formula is C43H53N9O5. The van der Waals surface area contributed by atoms with Crippen LogP contribution in [0.15, 0.2) is 73.1 Å². The molecule has 4 heterocycles. The Morgan fingerprint density at radius 3 is 2.19 bits per heavy atom. The Balaban J connectivity index is 0.962. The van der Waals surface area contributed by atoms with Crippen molar-refractivity contribution < 1.29 is 23.9 Å². The van der Waals surface area contributed by atoms with Crippen LogP contribution in [0.3, 0.4) is 0 Å². The molecule has 4 amide bonds. The van der Waals surface area contributed by atoms with Crippen LogP contribution in [-0.4, -0.2) is 119 Å². The number of anilines is 2. The van der Waals surface area contributed by atoms with Gasteiger partial charge in [-0.15, -0.1) is 0 Å². The summed E-state index contributed by atoms with van der Waals surface area (Å²) in [4.78, 5) is 72.5. The number of amides is 4. The van der Waals surface area contributed by atoms with Crippen LogP contribution in [0.25, 0.3) is 22.4 Å². The summed E-state index contributed by atoms with van der Waals surface area (Å²) in [6.45, 7) is 8.52. The first-order valence-corrected chi connectivity index (χ1v) is 19.8. The van der Waals surface area contributed by atoms with Crippen LogP contribution in [0.5, 0.6) is 0 Å². The molecule has 3 aliphatic rings. The molecule has 1 saturated carbocycles. The van der Waals surface area contributed by atoms with Gasteiger partial charge in [0, 0.05) is 67.8 Å². The van der Waals surface area contributed by atoms with Gasteiger partial charge in [0.2, 0.25) is 11.8 Å². The van der Waals surface area contributed by atoms with Crippen molar-refractivity contribution in [3.8, 4) is 22.4 Å². The van der Waals surface area contributed by atoms with E-state index in [9.17, 15) is 19.2 Å². The van der Waals surface area contributed by atoms with Gasteiger partial charge in [-0.3, -0.25) is 14.4 Å². The van der Waals surface area contributed by atoms with Crippen molar-refractivity contribution in [1.29, 1.82) is 0 Å². The van der Waals surface area contributed by atoms with E-state index < -0.39 is 12.1 Å². The Morgan fingerprint density at radius 1 is 0.912 bits per heavy atom. The second-order valence-electron chi connectivity index (χ2n) is 16.0. The zero-order valence-electron chi connectivity index (χ0n) is 33.6. The Labute approximate surface area is 334 Å². The molecule has 0 bridgehead atoms. The van der Waals surface area contributed by atoms with Crippen molar-refractivity contribution in [2.45, 2.75) is 64.2 Å². The minimum Gasteiger partial charge on any atom is -0.453 e. The molecule has 4 atom stereocenters. The lowest BCUT2D eigenvalue weighted by Gasteiger charge is -2.40. The van der Waals surface area contributed by atoms with E-state index in [0.717, 1.165) is 47.6 Å². The molecule has 3 fully saturated rings. The maximum absolute atomic E-state index is 13.8. The third-order valence-corrected chi connectivity index (χ3v) is 11.4. The molecule has 2 aromatic heterocycles. The van der Waals surface area contributed by atoms with E-state index in [-0.39, 0.29) is 47.7 Å². The predicted molar refractivity (Wildman–Crippen MR) is 218 cm³/mol. The van der Waals surface area contributed by atoms with Crippen LogP contribution >= 0.6 is 0 Å². The number of carbonyl (C=O) groups excluding carboxylic acids is 4. The third-order valence-electron chi connectivity index (χ3n) is 11.4. The number of benzene rings is 2. The van der Waals surface area contributed by atoms with E-state index in [1.807, 2.05) is 98.5 Å². The molecule has 0 spiro atoms. The topological polar surface area (TPSA) is 156 Å². The summed E-state index contributed by atoms with van der Waals surface area (Å²) in [5, 5.41) is 5.70. The first kappa shape index (κ1) is 39.5. The molecule has 57 heavy (non-hydrogen) atoms. The van der Waals surface area contributed by atoms with Gasteiger partial charge in [-0.1, -0.05) is 50.2 Å². The van der Waals surface area contributed by atoms with E-state index in [2.05, 4.69) is 37.3 Å². The molecule has 2 aromatic carbocycles. The monoisotopic (exact) mass is 775 g/mol. The molecule has 2 saturated heterocycles. The summed E-state index contributed by atoms with van der Waals surface area (Å²) in [5.74, 6) is 1.47. The smallest absolute Gasteiger partial charge is 0.407 e. The number of likely N-dealkylation sites (tertiary alicyclic amines) is 1. The van der Waals surface area contributed by atoms with E-state index in [1.165, 1.54) is 7.11 Å². The largest absolute Gasteiger partial charge is 0.453 e. The van der Waals surface area contributed by atoms with Gasteiger partial charge >= 0.3 is 6.09 Å². The quantitative estimate of drug-likeness (QED) is 0.181. The lowest BCUT2D eigenvalue weighted by Crippen LogP contribution is -2.54. The average molecular weight is 776 g/mol. The Kier molecular flexibility index (Phi) is 11.6. The summed E-state index contributed by atoms with van der Waals surface area (Å²) >= 11 is 0. The normalized spacial score (nSPS) is 20.1. The SMILES string of the molecule is COC(=O)NC(C(=O)N1C[C@@H](N(C)C)C[C@H]1c1nc(-c2ccc(-c3ccc(NC(=O)c4ccc(N5CCN(C(=O)C6CC6)C[C@H]5C)nc4)cc3)cc2)c[nH]1)C(C)C. The molecule has 0 radical (unpaired) electrons. The lowest BCUT2D eigenvalue weighted by molar-refractivity contribution is -0.135. The molecule has 3 N–H and O–H groups in total. The van der Waals surface area contributed by atoms with Gasteiger partial charge in [-0.2, -0.15) is 0 Å². The molecule has 1 aliphatic carbocycles. The summed E-state index contributed by atoms with van der Waals surface area (Å²) < 4.78 is 4.80. The second-order valence-corrected chi connectivity index (χ2v) is 16.0. The average Bonchev–Trinajstić information content (AvgIpc) is 3.77. The highest BCUT2D eigenvalue weighted by Crippen LogP contribution is 2.35. The number of piperazine rings is 1. The number of carbonyl (C=O) groups is 4. The Morgan fingerprint density at radius 2 is 1.60 bits per heavy atom. The number of rotatable bonds is 11. The van der Waals surface area contributed by atoms with Crippen molar-refractivity contribution in [1.82, 2.24) is 35.0 Å². The van der Waals surface area contributed by atoms with Crippen LogP contribution in [0.4, 0.5) is 16.3 Å². The minimum absolute atomic E-state index is 0.133. The number of ether oxygens (including phenoxy) is 1. The van der Waals surface area contributed by atoms with Crippen molar-refractivity contribution in [3.05, 3.63) is 84.4 Å². The number of H-pyrrole nitrogens is 1. The number of aromatic amines is 1. The van der Waals surface area contributed by atoms with Gasteiger partial charge in [-0.25, -0.2) is 14.8 Å². The third kappa shape index (κ3) is 8.80. The van der Waals surface area contributed by atoms with E-state index in [1.54, 1.807) is 12.3 Å². The van der Waals surface area contributed by atoms with Crippen LogP contribution in [0.1, 0.15) is 62.3 Å². The maximum atomic E-state index is 13.8. The number of alkyl carbamates (subject to hydrolysis) is 1. The van der Waals surface area contributed by atoms with Gasteiger partial charge in [-0.05, 0) is 81.6 Å². The number of aromatic nitrogens is 3. The molecule has 14 nitrogen and oxygen atoms in total. The first-order chi connectivity index (χ1) is 27.4. The van der Waals surface area contributed by atoms with Gasteiger partial charge in [0.25, 0.3) is 5.91 Å². The predicted octanol–water partition coefficient (Wildman–Crippen LogP) is 5.42. The van der Waals surface area contributed by atoms with Crippen LogP contribution < -0.4 is 15.5 Å². The molecule has 1 unspecified atom stereocenters. The minimum atomic E-state index is -0.726. The number of imidazole rings is 1. The lowest BCUT2D eigenvalue weighted by atomic mass is 10.0. The summed E-state index contributed by atoms with van der Waals surface area (Å²) in [6, 6.07) is 18.8.